The van der Waals surface area contributed by atoms with Gasteiger partial charge in [0.2, 0.25) is 0 Å². The largest absolute Gasteiger partial charge is 0.489 e. The summed E-state index contributed by atoms with van der Waals surface area (Å²) < 4.78 is 37.2. The van der Waals surface area contributed by atoms with E-state index >= 15 is 0 Å². The number of rotatable bonds is 6. The number of aryl methyl sites for hydroxylation is 1. The average Bonchev–Trinajstić information content (AvgIpc) is 3.15. The van der Waals surface area contributed by atoms with Crippen molar-refractivity contribution in [3.63, 3.8) is 0 Å². The molecule has 0 saturated carbocycles. The fourth-order valence-electron chi connectivity index (χ4n) is 3.57. The first-order chi connectivity index (χ1) is 15.4. The molecule has 0 bridgehead atoms. The van der Waals surface area contributed by atoms with Crippen molar-refractivity contribution < 1.29 is 22.8 Å². The Morgan fingerprint density at radius 2 is 1.78 bits per heavy atom. The summed E-state index contributed by atoms with van der Waals surface area (Å²) in [5, 5.41) is 4.35. The molecule has 3 aromatic rings. The monoisotopic (exact) mass is 461 g/mol. The van der Waals surface area contributed by atoms with Crippen molar-refractivity contribution in [1.29, 1.82) is 0 Å². The maximum atomic E-state index is 13.2. The van der Waals surface area contributed by atoms with Crippen LogP contribution >= 0.6 is 11.6 Å². The van der Waals surface area contributed by atoms with E-state index in [9.17, 15) is 13.6 Å². The zero-order valence-corrected chi connectivity index (χ0v) is 18.2. The molecule has 0 spiro atoms. The van der Waals surface area contributed by atoms with Gasteiger partial charge in [0.25, 0.3) is 5.91 Å². The quantitative estimate of drug-likeness (QED) is 0.542. The van der Waals surface area contributed by atoms with Crippen LogP contribution in [0.5, 0.6) is 5.75 Å². The molecule has 0 aliphatic carbocycles. The van der Waals surface area contributed by atoms with E-state index in [0.717, 1.165) is 5.56 Å². The third-order valence-electron chi connectivity index (χ3n) is 5.45. The van der Waals surface area contributed by atoms with Crippen LogP contribution in [0.2, 0.25) is 5.02 Å². The predicted octanol–water partition coefficient (Wildman–Crippen LogP) is 4.45. The number of hydrogen-bond donors (Lipinski definition) is 0. The van der Waals surface area contributed by atoms with Gasteiger partial charge in [-0.15, -0.1) is 0 Å². The number of carbonyl (C=O) groups excluding carboxylic acids is 1. The summed E-state index contributed by atoms with van der Waals surface area (Å²) in [7, 11) is 0. The lowest BCUT2D eigenvalue weighted by Gasteiger charge is -2.34. The summed E-state index contributed by atoms with van der Waals surface area (Å²) in [5.41, 5.74) is 1.64. The van der Waals surface area contributed by atoms with Crippen molar-refractivity contribution in [2.75, 3.05) is 26.2 Å². The minimum Gasteiger partial charge on any atom is -0.489 e. The van der Waals surface area contributed by atoms with Crippen LogP contribution in [0, 0.1) is 18.6 Å². The zero-order valence-electron chi connectivity index (χ0n) is 17.5. The Morgan fingerprint density at radius 1 is 1.09 bits per heavy atom. The van der Waals surface area contributed by atoms with E-state index < -0.39 is 0 Å². The van der Waals surface area contributed by atoms with E-state index in [4.69, 9.17) is 20.9 Å². The molecule has 1 fully saturated rings. The molecule has 1 aromatic heterocycles. The number of ether oxygens (including phenoxy) is 1. The van der Waals surface area contributed by atoms with Crippen LogP contribution in [0.4, 0.5) is 8.78 Å². The van der Waals surface area contributed by atoms with E-state index in [1.165, 1.54) is 36.4 Å². The third-order valence-corrected chi connectivity index (χ3v) is 5.80. The highest BCUT2D eigenvalue weighted by Crippen LogP contribution is 2.22. The third kappa shape index (κ3) is 5.08. The van der Waals surface area contributed by atoms with Crippen LogP contribution in [-0.2, 0) is 13.2 Å². The average molecular weight is 462 g/mol. The fourth-order valence-corrected chi connectivity index (χ4v) is 3.79. The Bertz CT molecular complexity index is 1100. The van der Waals surface area contributed by atoms with Crippen LogP contribution in [-0.4, -0.2) is 47.0 Å². The Balaban J connectivity index is 1.36. The topological polar surface area (TPSA) is 58.8 Å². The molecule has 32 heavy (non-hydrogen) atoms. The van der Waals surface area contributed by atoms with Crippen molar-refractivity contribution in [2.45, 2.75) is 20.1 Å². The molecule has 0 unspecified atom stereocenters. The molecule has 2 heterocycles. The molecule has 168 valence electrons. The van der Waals surface area contributed by atoms with Gasteiger partial charge in [-0.2, -0.15) is 0 Å². The minimum atomic E-state index is -0.365. The minimum absolute atomic E-state index is 0.0884. The summed E-state index contributed by atoms with van der Waals surface area (Å²) >= 11 is 6.13. The number of piperazine rings is 1. The van der Waals surface area contributed by atoms with Gasteiger partial charge >= 0.3 is 0 Å². The van der Waals surface area contributed by atoms with Gasteiger partial charge in [-0.1, -0.05) is 22.8 Å². The van der Waals surface area contributed by atoms with Crippen LogP contribution in [0.15, 0.2) is 47.0 Å². The molecule has 1 aliphatic heterocycles. The van der Waals surface area contributed by atoms with Crippen LogP contribution in [0.3, 0.4) is 0 Å². The Hall–Kier alpha value is -2.97. The first-order valence-corrected chi connectivity index (χ1v) is 10.6. The van der Waals surface area contributed by atoms with Gasteiger partial charge in [0, 0.05) is 37.7 Å². The van der Waals surface area contributed by atoms with E-state index in [2.05, 4.69) is 10.1 Å². The summed E-state index contributed by atoms with van der Waals surface area (Å²) in [6.45, 7) is 4.72. The molecule has 2 aromatic carbocycles. The van der Waals surface area contributed by atoms with E-state index in [1.807, 2.05) is 0 Å². The van der Waals surface area contributed by atoms with Crippen LogP contribution in [0.25, 0.3) is 0 Å². The molecule has 1 amide bonds. The molecule has 0 atom stereocenters. The van der Waals surface area contributed by atoms with Crippen molar-refractivity contribution in [2.24, 2.45) is 0 Å². The number of benzene rings is 2. The molecule has 9 heteroatoms. The van der Waals surface area contributed by atoms with Crippen LogP contribution < -0.4 is 4.74 Å². The van der Waals surface area contributed by atoms with Gasteiger partial charge in [0.05, 0.1) is 5.56 Å². The number of nitrogens with zero attached hydrogens (tertiary/aromatic N) is 3. The van der Waals surface area contributed by atoms with Gasteiger partial charge in [-0.05, 0) is 48.9 Å². The molecule has 4 rings (SSSR count). The molecule has 6 nitrogen and oxygen atoms in total. The maximum absolute atomic E-state index is 13.2. The van der Waals surface area contributed by atoms with Crippen molar-refractivity contribution in [3.8, 4) is 5.75 Å². The zero-order chi connectivity index (χ0) is 22.7. The maximum Gasteiger partial charge on any atom is 0.276 e. The van der Waals surface area contributed by atoms with Gasteiger partial charge in [-0.25, -0.2) is 8.78 Å². The SMILES string of the molecule is Cc1onc(C(=O)N2CCN(Cc3ccc(F)cc3Cl)CC2)c1COc1ccc(F)cc1. The second-order valence-corrected chi connectivity index (χ2v) is 8.02. The lowest BCUT2D eigenvalue weighted by molar-refractivity contribution is 0.0616. The highest BCUT2D eigenvalue weighted by atomic mass is 35.5. The van der Waals surface area contributed by atoms with Crippen LogP contribution in [0.1, 0.15) is 27.4 Å². The summed E-state index contributed by atoms with van der Waals surface area (Å²) in [6.07, 6.45) is 0. The van der Waals surface area contributed by atoms with E-state index in [1.54, 1.807) is 17.9 Å². The molecule has 1 aliphatic rings. The number of carbonyl (C=O) groups is 1. The molecule has 1 saturated heterocycles. The lowest BCUT2D eigenvalue weighted by atomic mass is 10.1. The van der Waals surface area contributed by atoms with Gasteiger partial charge in [0.15, 0.2) is 5.69 Å². The van der Waals surface area contributed by atoms with Crippen molar-refractivity contribution >= 4 is 17.5 Å². The molecular formula is C23H22ClF2N3O3. The summed E-state index contributed by atoms with van der Waals surface area (Å²) in [6, 6.07) is 10.0. The first kappa shape index (κ1) is 22.2. The Labute approximate surface area is 189 Å². The Morgan fingerprint density at radius 3 is 2.47 bits per heavy atom. The highest BCUT2D eigenvalue weighted by molar-refractivity contribution is 6.31. The smallest absolute Gasteiger partial charge is 0.276 e. The number of halogens is 3. The molecule has 0 N–H and O–H groups in total. The number of amides is 1. The number of aromatic nitrogens is 1. The highest BCUT2D eigenvalue weighted by Gasteiger charge is 2.28. The second-order valence-electron chi connectivity index (χ2n) is 7.61. The predicted molar refractivity (Wildman–Crippen MR) is 115 cm³/mol. The summed E-state index contributed by atoms with van der Waals surface area (Å²) in [5.74, 6) is 0.0454. The molecular weight excluding hydrogens is 440 g/mol. The normalized spacial score (nSPS) is 14.6. The molecule has 0 radical (unpaired) electrons. The Kier molecular flexibility index (Phi) is 6.72. The fraction of sp³-hybridized carbons (Fsp3) is 0.304. The van der Waals surface area contributed by atoms with Crippen molar-refractivity contribution in [1.82, 2.24) is 15.0 Å². The standard InChI is InChI=1S/C23H22ClF2N3O3/c1-15-20(14-31-19-6-4-17(25)5-7-19)22(27-32-15)23(30)29-10-8-28(9-11-29)13-16-2-3-18(26)12-21(16)24/h2-7,12H,8-11,13-14H2,1H3. The van der Waals surface area contributed by atoms with Gasteiger partial charge < -0.3 is 14.2 Å². The van der Waals surface area contributed by atoms with Gasteiger partial charge in [-0.3, -0.25) is 9.69 Å². The second kappa shape index (κ2) is 9.67. The lowest BCUT2D eigenvalue weighted by Crippen LogP contribution is -2.48. The van der Waals surface area contributed by atoms with E-state index in [0.29, 0.717) is 54.8 Å². The first-order valence-electron chi connectivity index (χ1n) is 10.2. The van der Waals surface area contributed by atoms with Gasteiger partial charge in [0.1, 0.15) is 29.8 Å². The number of hydrogen-bond acceptors (Lipinski definition) is 5. The van der Waals surface area contributed by atoms with E-state index in [-0.39, 0.29) is 29.8 Å². The summed E-state index contributed by atoms with van der Waals surface area (Å²) in [4.78, 5) is 16.9. The van der Waals surface area contributed by atoms with Crippen molar-refractivity contribution in [3.05, 3.63) is 81.7 Å².